The molecule has 0 aromatic heterocycles. The van der Waals surface area contributed by atoms with Gasteiger partial charge in [0.05, 0.1) is 25.6 Å². The maximum atomic E-state index is 10.7. The number of hydrogen-bond acceptors (Lipinski definition) is 4. The van der Waals surface area contributed by atoms with Gasteiger partial charge in [0.1, 0.15) is 24.8 Å². The lowest BCUT2D eigenvalue weighted by atomic mass is 10.1. The lowest BCUT2D eigenvalue weighted by molar-refractivity contribution is -0.906. The van der Waals surface area contributed by atoms with E-state index in [0.717, 1.165) is 5.56 Å². The fourth-order valence-electron chi connectivity index (χ4n) is 2.25. The molecule has 0 amide bonds. The third-order valence-corrected chi connectivity index (χ3v) is 3.45. The van der Waals surface area contributed by atoms with Gasteiger partial charge in [0.15, 0.2) is 0 Å². The Morgan fingerprint density at radius 3 is 2.43 bits per heavy atom. The summed E-state index contributed by atoms with van der Waals surface area (Å²) in [7, 11) is 3.97. The number of ether oxygens (including phenoxy) is 1. The second kappa shape index (κ2) is 7.55. The molecule has 1 aromatic carbocycles. The van der Waals surface area contributed by atoms with Gasteiger partial charge in [0.2, 0.25) is 0 Å². The Hall–Kier alpha value is -1.94. The van der Waals surface area contributed by atoms with E-state index in [1.165, 1.54) is 12.1 Å². The van der Waals surface area contributed by atoms with Crippen molar-refractivity contribution in [2.45, 2.75) is 32.1 Å². The number of quaternary nitrogens is 1. The highest BCUT2D eigenvalue weighted by Gasteiger charge is 2.24. The van der Waals surface area contributed by atoms with Crippen LogP contribution in [0.5, 0.6) is 0 Å². The van der Waals surface area contributed by atoms with Crippen LogP contribution >= 0.6 is 0 Å². The van der Waals surface area contributed by atoms with E-state index in [9.17, 15) is 15.2 Å². The predicted molar refractivity (Wildman–Crippen MR) is 88.6 cm³/mol. The van der Waals surface area contributed by atoms with Gasteiger partial charge in [-0.25, -0.2) is 0 Å². The smallest absolute Gasteiger partial charge is 0.269 e. The van der Waals surface area contributed by atoms with E-state index in [2.05, 4.69) is 5.92 Å². The predicted octanol–water partition coefficient (Wildman–Crippen LogP) is 1.96. The van der Waals surface area contributed by atoms with E-state index in [1.807, 2.05) is 14.1 Å². The molecular formula is C17H25N2O4+. The van der Waals surface area contributed by atoms with Gasteiger partial charge in [0.25, 0.3) is 5.69 Å². The average Bonchev–Trinajstić information content (AvgIpc) is 2.45. The van der Waals surface area contributed by atoms with Gasteiger partial charge >= 0.3 is 0 Å². The van der Waals surface area contributed by atoms with Gasteiger partial charge in [-0.1, -0.05) is 5.92 Å². The molecule has 1 rings (SSSR count). The van der Waals surface area contributed by atoms with E-state index in [4.69, 9.17) is 11.2 Å². The summed E-state index contributed by atoms with van der Waals surface area (Å²) in [4.78, 5) is 10.2. The Kier molecular flexibility index (Phi) is 6.28. The molecule has 0 aliphatic carbocycles. The first-order chi connectivity index (χ1) is 10.5. The number of hydrogen-bond donors (Lipinski definition) is 1. The summed E-state index contributed by atoms with van der Waals surface area (Å²) in [6.45, 7) is 4.84. The van der Waals surface area contributed by atoms with Crippen LogP contribution in [-0.2, 0) is 11.3 Å². The highest BCUT2D eigenvalue weighted by molar-refractivity contribution is 5.32. The van der Waals surface area contributed by atoms with Crippen LogP contribution in [0.25, 0.3) is 0 Å². The van der Waals surface area contributed by atoms with Crippen LogP contribution in [0, 0.1) is 22.5 Å². The number of nitro benzene ring substituents is 1. The Morgan fingerprint density at radius 2 is 1.96 bits per heavy atom. The molecular weight excluding hydrogens is 296 g/mol. The van der Waals surface area contributed by atoms with Crippen LogP contribution in [0.1, 0.15) is 19.4 Å². The zero-order valence-electron chi connectivity index (χ0n) is 14.2. The molecule has 0 radical (unpaired) electrons. The molecule has 0 spiro atoms. The Bertz CT molecular complexity index is 573. The van der Waals surface area contributed by atoms with Crippen molar-refractivity contribution in [1.82, 2.24) is 0 Å². The first-order valence-electron chi connectivity index (χ1n) is 7.40. The van der Waals surface area contributed by atoms with Crippen LogP contribution in [0.15, 0.2) is 24.3 Å². The fourth-order valence-corrected chi connectivity index (χ4v) is 2.25. The van der Waals surface area contributed by atoms with E-state index < -0.39 is 16.6 Å². The molecule has 126 valence electrons. The third kappa shape index (κ3) is 6.78. The lowest BCUT2D eigenvalue weighted by Gasteiger charge is -2.32. The normalized spacial score (nSPS) is 13.4. The summed E-state index contributed by atoms with van der Waals surface area (Å²) in [5.41, 5.74) is 0.345. The van der Waals surface area contributed by atoms with Gasteiger partial charge in [-0.15, -0.1) is 6.42 Å². The summed E-state index contributed by atoms with van der Waals surface area (Å²) < 4.78 is 6.03. The summed E-state index contributed by atoms with van der Waals surface area (Å²) in [6.07, 6.45) is 4.70. The van der Waals surface area contributed by atoms with Crippen molar-refractivity contribution < 1.29 is 19.2 Å². The number of non-ortho nitro benzene ring substituents is 1. The van der Waals surface area contributed by atoms with Gasteiger partial charge < -0.3 is 14.3 Å². The molecule has 0 unspecified atom stereocenters. The topological polar surface area (TPSA) is 72.6 Å². The Balaban J connectivity index is 2.58. The summed E-state index contributed by atoms with van der Waals surface area (Å²) in [5.74, 6) is 2.52. The van der Waals surface area contributed by atoms with Crippen molar-refractivity contribution >= 4 is 5.69 Å². The number of aliphatic hydroxyl groups is 1. The molecule has 0 aliphatic rings. The minimum absolute atomic E-state index is 0.0732. The van der Waals surface area contributed by atoms with Crippen molar-refractivity contribution in [3.8, 4) is 12.3 Å². The second-order valence-corrected chi connectivity index (χ2v) is 6.82. The van der Waals surface area contributed by atoms with Crippen LogP contribution in [0.3, 0.4) is 0 Å². The van der Waals surface area contributed by atoms with Crippen molar-refractivity contribution in [3.05, 3.63) is 39.9 Å². The standard InChI is InChI=1S/C17H25N2O4/c1-6-17(2,3)23-13-16(20)12-19(4,5)11-14-7-9-15(10-8-14)18(21)22/h1,7-10,16,20H,11-13H2,2-5H3/q+1/t16-/m1/s1. The van der Waals surface area contributed by atoms with Crippen molar-refractivity contribution in [2.24, 2.45) is 0 Å². The molecule has 0 saturated carbocycles. The molecule has 1 N–H and O–H groups in total. The summed E-state index contributed by atoms with van der Waals surface area (Å²) in [5, 5.41) is 20.8. The van der Waals surface area contributed by atoms with Gasteiger partial charge in [-0.3, -0.25) is 10.1 Å². The minimum Gasteiger partial charge on any atom is -0.385 e. The SMILES string of the molecule is C#CC(C)(C)OC[C@H](O)C[N+](C)(C)Cc1ccc([N+](=O)[O-])cc1. The average molecular weight is 321 g/mol. The number of benzene rings is 1. The molecule has 6 nitrogen and oxygen atoms in total. The minimum atomic E-state index is -0.698. The fraction of sp³-hybridized carbons (Fsp3) is 0.529. The lowest BCUT2D eigenvalue weighted by Crippen LogP contribution is -2.46. The molecule has 1 atom stereocenters. The maximum Gasteiger partial charge on any atom is 0.269 e. The van der Waals surface area contributed by atoms with Crippen LogP contribution in [0.4, 0.5) is 5.69 Å². The van der Waals surface area contributed by atoms with E-state index in [0.29, 0.717) is 17.6 Å². The highest BCUT2D eigenvalue weighted by Crippen LogP contribution is 2.16. The Labute approximate surface area is 137 Å². The number of nitro groups is 1. The zero-order chi connectivity index (χ0) is 17.7. The molecule has 0 fully saturated rings. The van der Waals surface area contributed by atoms with Crippen LogP contribution < -0.4 is 0 Å². The van der Waals surface area contributed by atoms with Gasteiger partial charge in [-0.2, -0.15) is 0 Å². The largest absolute Gasteiger partial charge is 0.385 e. The van der Waals surface area contributed by atoms with Crippen LogP contribution in [-0.4, -0.2) is 53.5 Å². The molecule has 0 aliphatic heterocycles. The van der Waals surface area contributed by atoms with E-state index in [1.54, 1.807) is 26.0 Å². The number of aliphatic hydroxyl groups excluding tert-OH is 1. The first-order valence-corrected chi connectivity index (χ1v) is 7.40. The summed E-state index contributed by atoms with van der Waals surface area (Å²) in [6, 6.07) is 6.46. The van der Waals surface area contributed by atoms with E-state index >= 15 is 0 Å². The molecule has 0 saturated heterocycles. The number of likely N-dealkylation sites (N-methyl/N-ethyl adjacent to an activating group) is 1. The summed E-state index contributed by atoms with van der Waals surface area (Å²) >= 11 is 0. The van der Waals surface area contributed by atoms with Gasteiger partial charge in [0, 0.05) is 17.7 Å². The molecule has 1 aromatic rings. The number of rotatable bonds is 8. The maximum absolute atomic E-state index is 10.7. The highest BCUT2D eigenvalue weighted by atomic mass is 16.6. The monoisotopic (exact) mass is 321 g/mol. The molecule has 6 heteroatoms. The van der Waals surface area contributed by atoms with Crippen molar-refractivity contribution in [2.75, 3.05) is 27.2 Å². The number of terminal acetylenes is 1. The zero-order valence-corrected chi connectivity index (χ0v) is 14.2. The van der Waals surface area contributed by atoms with Crippen LogP contribution in [0.2, 0.25) is 0 Å². The second-order valence-electron chi connectivity index (χ2n) is 6.82. The van der Waals surface area contributed by atoms with Gasteiger partial charge in [-0.05, 0) is 26.0 Å². The molecule has 0 heterocycles. The number of nitrogens with zero attached hydrogens (tertiary/aromatic N) is 2. The quantitative estimate of drug-likeness (QED) is 0.344. The van der Waals surface area contributed by atoms with Crippen molar-refractivity contribution in [1.29, 1.82) is 0 Å². The molecule has 23 heavy (non-hydrogen) atoms. The third-order valence-electron chi connectivity index (χ3n) is 3.45. The Morgan fingerprint density at radius 1 is 1.39 bits per heavy atom. The first kappa shape index (κ1) is 19.1. The van der Waals surface area contributed by atoms with E-state index in [-0.39, 0.29) is 12.3 Å². The van der Waals surface area contributed by atoms with Crippen molar-refractivity contribution in [3.63, 3.8) is 0 Å². The molecule has 0 bridgehead atoms.